The molecule has 0 N–H and O–H groups in total. The highest BCUT2D eigenvalue weighted by molar-refractivity contribution is 7.99. The van der Waals surface area contributed by atoms with E-state index in [1.807, 2.05) is 39.2 Å². The van der Waals surface area contributed by atoms with Crippen LogP contribution in [-0.4, -0.2) is 47.7 Å². The molecular weight excluding hydrogens is 406 g/mol. The zero-order valence-electron chi connectivity index (χ0n) is 17.5. The average molecular weight is 436 g/mol. The lowest BCUT2D eigenvalue weighted by atomic mass is 9.90. The Morgan fingerprint density at radius 1 is 1.24 bits per heavy atom. The summed E-state index contributed by atoms with van der Waals surface area (Å²) in [6.07, 6.45) is 2.92. The minimum Gasteiger partial charge on any atom is -0.456 e. The first-order valence-corrected chi connectivity index (χ1v) is 12.1. The van der Waals surface area contributed by atoms with Gasteiger partial charge in [0.15, 0.2) is 0 Å². The molecule has 5 nitrogen and oxygen atoms in total. The molecule has 1 aromatic heterocycles. The van der Waals surface area contributed by atoms with Gasteiger partial charge in [0.1, 0.15) is 11.7 Å². The second-order valence-electron chi connectivity index (χ2n) is 8.33. The van der Waals surface area contributed by atoms with E-state index in [0.29, 0.717) is 18.8 Å². The number of nitrogens with zero attached hydrogens (tertiary/aromatic N) is 1. The van der Waals surface area contributed by atoms with E-state index in [1.54, 1.807) is 16.2 Å². The van der Waals surface area contributed by atoms with Crippen molar-refractivity contribution in [1.82, 2.24) is 4.90 Å². The number of ether oxygens (including phenoxy) is 2. The van der Waals surface area contributed by atoms with Crippen LogP contribution in [0.15, 0.2) is 30.3 Å². The molecule has 158 valence electrons. The molecule has 3 rings (SSSR count). The maximum Gasteiger partial charge on any atom is 0.410 e. The van der Waals surface area contributed by atoms with Gasteiger partial charge in [-0.05, 0) is 57.4 Å². The molecule has 0 bridgehead atoms. The van der Waals surface area contributed by atoms with Crippen LogP contribution < -0.4 is 0 Å². The Labute approximate surface area is 180 Å². The number of amides is 1. The third-order valence-electron chi connectivity index (χ3n) is 4.87. The van der Waals surface area contributed by atoms with Crippen LogP contribution >= 0.6 is 23.1 Å². The minimum absolute atomic E-state index is 0.186. The number of esters is 1. The lowest BCUT2D eigenvalue weighted by Gasteiger charge is -2.36. The first-order valence-electron chi connectivity index (χ1n) is 9.91. The van der Waals surface area contributed by atoms with Crippen molar-refractivity contribution in [3.05, 3.63) is 35.2 Å². The van der Waals surface area contributed by atoms with Crippen molar-refractivity contribution in [3.63, 3.8) is 0 Å². The Morgan fingerprint density at radius 3 is 2.55 bits per heavy atom. The van der Waals surface area contributed by atoms with Crippen LogP contribution in [0.3, 0.4) is 0 Å². The van der Waals surface area contributed by atoms with E-state index in [1.165, 1.54) is 21.8 Å². The van der Waals surface area contributed by atoms with Crippen LogP contribution in [0.2, 0.25) is 0 Å². The third kappa shape index (κ3) is 5.89. The summed E-state index contributed by atoms with van der Waals surface area (Å²) in [5.74, 6) is 0.347. The molecule has 7 heteroatoms. The Hall–Kier alpha value is -1.73. The van der Waals surface area contributed by atoms with E-state index < -0.39 is 5.60 Å². The predicted octanol–water partition coefficient (Wildman–Crippen LogP) is 5.50. The van der Waals surface area contributed by atoms with Crippen molar-refractivity contribution in [1.29, 1.82) is 0 Å². The molecule has 0 aliphatic carbocycles. The van der Waals surface area contributed by atoms with E-state index >= 15 is 0 Å². The van der Waals surface area contributed by atoms with Gasteiger partial charge in [-0.3, -0.25) is 4.79 Å². The number of benzene rings is 1. The maximum atomic E-state index is 12.4. The number of thioether (sulfide) groups is 1. The number of thiophene rings is 1. The van der Waals surface area contributed by atoms with Crippen molar-refractivity contribution in [2.75, 3.05) is 25.1 Å². The largest absolute Gasteiger partial charge is 0.456 e. The van der Waals surface area contributed by atoms with Gasteiger partial charge in [0.2, 0.25) is 0 Å². The molecule has 1 saturated heterocycles. The van der Waals surface area contributed by atoms with Gasteiger partial charge in [0.05, 0.1) is 5.75 Å². The SMILES string of the molecule is CSCC(=O)O[C@@H](c1cc2ccccc2s1)C1CCN(C(=O)OC(C)(C)C)CC1. The lowest BCUT2D eigenvalue weighted by molar-refractivity contribution is -0.149. The van der Waals surface area contributed by atoms with Crippen LogP contribution in [0.5, 0.6) is 0 Å². The molecule has 1 atom stereocenters. The van der Waals surface area contributed by atoms with Gasteiger partial charge in [-0.1, -0.05) is 18.2 Å². The monoisotopic (exact) mass is 435 g/mol. The fourth-order valence-corrected chi connectivity index (χ4v) is 5.03. The number of rotatable bonds is 5. The molecule has 2 aromatic rings. The maximum absolute atomic E-state index is 12.4. The first-order chi connectivity index (χ1) is 13.8. The van der Waals surface area contributed by atoms with Crippen molar-refractivity contribution in [2.24, 2.45) is 5.92 Å². The van der Waals surface area contributed by atoms with Crippen LogP contribution in [0.4, 0.5) is 4.79 Å². The number of likely N-dealkylation sites (tertiary alicyclic amines) is 1. The lowest BCUT2D eigenvalue weighted by Crippen LogP contribution is -2.43. The van der Waals surface area contributed by atoms with Crippen LogP contribution in [-0.2, 0) is 14.3 Å². The molecule has 29 heavy (non-hydrogen) atoms. The van der Waals surface area contributed by atoms with Gasteiger partial charge in [-0.25, -0.2) is 4.79 Å². The number of carbonyl (C=O) groups excluding carboxylic acids is 2. The van der Waals surface area contributed by atoms with Gasteiger partial charge < -0.3 is 14.4 Å². The van der Waals surface area contributed by atoms with Gasteiger partial charge in [-0.15, -0.1) is 11.3 Å². The number of hydrogen-bond donors (Lipinski definition) is 0. The number of hydrogen-bond acceptors (Lipinski definition) is 6. The van der Waals surface area contributed by atoms with Crippen molar-refractivity contribution >= 4 is 45.2 Å². The van der Waals surface area contributed by atoms with Gasteiger partial charge >= 0.3 is 12.1 Å². The fraction of sp³-hybridized carbons (Fsp3) is 0.545. The van der Waals surface area contributed by atoms with Gasteiger partial charge in [-0.2, -0.15) is 11.8 Å². The quantitative estimate of drug-likeness (QED) is 0.581. The number of carbonyl (C=O) groups is 2. The van der Waals surface area contributed by atoms with Crippen molar-refractivity contribution < 1.29 is 19.1 Å². The summed E-state index contributed by atoms with van der Waals surface area (Å²) in [7, 11) is 0. The van der Waals surface area contributed by atoms with E-state index in [4.69, 9.17) is 9.47 Å². The fourth-order valence-electron chi connectivity index (χ4n) is 3.53. The summed E-state index contributed by atoms with van der Waals surface area (Å²) in [5.41, 5.74) is -0.499. The van der Waals surface area contributed by atoms with Crippen molar-refractivity contribution in [3.8, 4) is 0 Å². The predicted molar refractivity (Wildman–Crippen MR) is 120 cm³/mol. The number of fused-ring (bicyclic) bond motifs is 1. The number of piperidine rings is 1. The van der Waals surface area contributed by atoms with Gasteiger partial charge in [0, 0.05) is 28.6 Å². The molecule has 1 aliphatic heterocycles. The Balaban J connectivity index is 1.73. The highest BCUT2D eigenvalue weighted by Crippen LogP contribution is 2.39. The van der Waals surface area contributed by atoms with E-state index in [9.17, 15) is 9.59 Å². The molecule has 0 spiro atoms. The summed E-state index contributed by atoms with van der Waals surface area (Å²) in [5, 5.41) is 1.17. The Morgan fingerprint density at radius 2 is 1.93 bits per heavy atom. The normalized spacial score (nSPS) is 16.6. The molecule has 2 heterocycles. The molecule has 0 saturated carbocycles. The topological polar surface area (TPSA) is 55.8 Å². The summed E-state index contributed by atoms with van der Waals surface area (Å²) in [6, 6.07) is 10.4. The summed E-state index contributed by atoms with van der Waals surface area (Å²) >= 11 is 3.15. The van der Waals surface area contributed by atoms with E-state index in [-0.39, 0.29) is 24.1 Å². The second-order valence-corrected chi connectivity index (χ2v) is 10.3. The molecule has 1 aromatic carbocycles. The zero-order chi connectivity index (χ0) is 21.0. The first kappa shape index (κ1) is 22.0. The van der Waals surface area contributed by atoms with Crippen LogP contribution in [0.1, 0.15) is 44.6 Å². The van der Waals surface area contributed by atoms with Crippen LogP contribution in [0, 0.1) is 5.92 Å². The zero-order valence-corrected chi connectivity index (χ0v) is 19.1. The molecule has 0 radical (unpaired) electrons. The van der Waals surface area contributed by atoms with Gasteiger partial charge in [0.25, 0.3) is 0 Å². The highest BCUT2D eigenvalue weighted by Gasteiger charge is 2.34. The van der Waals surface area contributed by atoms with E-state index in [2.05, 4.69) is 18.2 Å². The van der Waals surface area contributed by atoms with Crippen molar-refractivity contribution in [2.45, 2.75) is 45.3 Å². The molecule has 1 fully saturated rings. The Bertz CT molecular complexity index is 817. The molecule has 1 amide bonds. The summed E-state index contributed by atoms with van der Waals surface area (Å²) in [6.45, 7) is 6.85. The smallest absolute Gasteiger partial charge is 0.410 e. The molecule has 0 unspecified atom stereocenters. The van der Waals surface area contributed by atoms with E-state index in [0.717, 1.165) is 17.7 Å². The average Bonchev–Trinajstić information content (AvgIpc) is 3.09. The second kappa shape index (κ2) is 9.39. The van der Waals surface area contributed by atoms with Crippen LogP contribution in [0.25, 0.3) is 10.1 Å². The Kier molecular flexibility index (Phi) is 7.11. The highest BCUT2D eigenvalue weighted by atomic mass is 32.2. The third-order valence-corrected chi connectivity index (χ3v) is 6.57. The standard InChI is InChI=1S/C22H29NO4S2/c1-22(2,3)27-21(25)23-11-9-15(10-12-23)20(26-19(24)14-28-4)18-13-16-7-5-6-8-17(16)29-18/h5-8,13,15,20H,9-12,14H2,1-4H3/t20-/m1/s1. The molecular formula is C22H29NO4S2. The minimum atomic E-state index is -0.499. The summed E-state index contributed by atoms with van der Waals surface area (Å²) in [4.78, 5) is 27.5. The molecule has 1 aliphatic rings. The summed E-state index contributed by atoms with van der Waals surface area (Å²) < 4.78 is 12.6.